The quantitative estimate of drug-likeness (QED) is 0.144. The van der Waals surface area contributed by atoms with Crippen molar-refractivity contribution < 1.29 is 26.2 Å². The van der Waals surface area contributed by atoms with E-state index in [1.54, 1.807) is 0 Å². The third kappa shape index (κ3) is 5.64. The topological polar surface area (TPSA) is 0 Å². The predicted molar refractivity (Wildman–Crippen MR) is 201 cm³/mol. The summed E-state index contributed by atoms with van der Waals surface area (Å²) in [5.74, 6) is 0. The summed E-state index contributed by atoms with van der Waals surface area (Å²) < 4.78 is -1.17. The first kappa shape index (κ1) is 35.3. The van der Waals surface area contributed by atoms with Crippen LogP contribution in [-0.4, -0.2) is 9.52 Å². The second-order valence-electron chi connectivity index (χ2n) is 15.4. The molecule has 0 fully saturated rings. The SMILES string of the molecule is CC1=C(C)C(Cl)([SiH2]C2(Cl)C(C)=C(C)c3c(-c4ccc(C(C)(C)C)cc4)cccc32)c2cccc(-c3ccc(C(C)(C)C)cc3)c21.[Zr]. The van der Waals surface area contributed by atoms with Crippen molar-refractivity contribution in [3.8, 4) is 22.3 Å². The van der Waals surface area contributed by atoms with Gasteiger partial charge in [0, 0.05) is 26.2 Å². The molecule has 2 aliphatic carbocycles. The van der Waals surface area contributed by atoms with Gasteiger partial charge in [0.2, 0.25) is 0 Å². The van der Waals surface area contributed by atoms with Crippen LogP contribution in [0.3, 0.4) is 0 Å². The van der Waals surface area contributed by atoms with Crippen LogP contribution in [0.15, 0.2) is 96.1 Å². The van der Waals surface area contributed by atoms with Crippen LogP contribution in [0.2, 0.25) is 0 Å². The molecule has 4 heteroatoms. The number of benzene rings is 4. The molecule has 0 saturated carbocycles. The van der Waals surface area contributed by atoms with Gasteiger partial charge < -0.3 is 0 Å². The molecule has 0 bridgehead atoms. The molecule has 0 saturated heterocycles. The Bertz CT molecular complexity index is 1750. The van der Waals surface area contributed by atoms with Gasteiger partial charge in [-0.15, -0.1) is 23.2 Å². The van der Waals surface area contributed by atoms with Crippen molar-refractivity contribution in [2.45, 2.75) is 89.1 Å². The molecule has 4 aromatic carbocycles. The summed E-state index contributed by atoms with van der Waals surface area (Å²) >= 11 is 15.9. The Labute approximate surface area is 308 Å². The number of halogens is 2. The van der Waals surface area contributed by atoms with Gasteiger partial charge in [-0.25, -0.2) is 0 Å². The smallest absolute Gasteiger partial charge is 0.0923 e. The van der Waals surface area contributed by atoms with Gasteiger partial charge in [-0.3, -0.25) is 0 Å². The fourth-order valence-electron chi connectivity index (χ4n) is 7.52. The van der Waals surface area contributed by atoms with Crippen molar-refractivity contribution in [3.05, 3.63) is 129 Å². The van der Waals surface area contributed by atoms with Crippen molar-refractivity contribution >= 4 is 43.9 Å². The van der Waals surface area contributed by atoms with Gasteiger partial charge in [0.15, 0.2) is 0 Å². The van der Waals surface area contributed by atoms with Crippen molar-refractivity contribution in [2.75, 3.05) is 0 Å². The first-order chi connectivity index (χ1) is 21.0. The molecule has 2 atom stereocenters. The summed E-state index contributed by atoms with van der Waals surface area (Å²) in [6, 6.07) is 31.5. The molecule has 0 aliphatic heterocycles. The predicted octanol–water partition coefficient (Wildman–Crippen LogP) is 11.9. The molecule has 0 aromatic heterocycles. The van der Waals surface area contributed by atoms with E-state index in [1.165, 1.54) is 77.9 Å². The maximum Gasteiger partial charge on any atom is 0.0923 e. The summed E-state index contributed by atoms with van der Waals surface area (Å²) in [6.07, 6.45) is 0. The zero-order valence-electron chi connectivity index (χ0n) is 29.0. The number of hydrogen-bond donors (Lipinski definition) is 0. The van der Waals surface area contributed by atoms with E-state index in [0.29, 0.717) is 0 Å². The molecule has 0 nitrogen and oxygen atoms in total. The minimum atomic E-state index is -1.23. The second kappa shape index (κ2) is 12.2. The van der Waals surface area contributed by atoms with E-state index < -0.39 is 18.5 Å². The van der Waals surface area contributed by atoms with Crippen LogP contribution in [0.25, 0.3) is 33.4 Å². The standard InChI is InChI=1S/C42H46Cl2Si.Zr/c1-25-27(3)41(43,35-15-11-13-33(37(25)35)29-17-21-31(22-18-29)39(5,6)7)45-42(44)28(4)26(2)38-34(14-12-16-36(38)42)30-19-23-32(24-20-30)40(8,9)10;/h11-24H,45H2,1-10H3;. The van der Waals surface area contributed by atoms with Gasteiger partial charge in [-0.2, -0.15) is 0 Å². The van der Waals surface area contributed by atoms with Gasteiger partial charge in [0.05, 0.1) is 18.5 Å². The number of allylic oxidation sites excluding steroid dienone is 4. The zero-order valence-corrected chi connectivity index (χ0v) is 34.4. The van der Waals surface area contributed by atoms with Crippen LogP contribution >= 0.6 is 23.2 Å². The number of rotatable bonds is 4. The van der Waals surface area contributed by atoms with Crippen molar-refractivity contribution in [3.63, 3.8) is 0 Å². The fraction of sp³-hybridized carbons (Fsp3) is 0.333. The molecule has 0 spiro atoms. The maximum atomic E-state index is 7.95. The zero-order chi connectivity index (χ0) is 32.7. The average molecular weight is 741 g/mol. The van der Waals surface area contributed by atoms with E-state index >= 15 is 0 Å². The average Bonchev–Trinajstić information content (AvgIpc) is 3.31. The molecule has 0 heterocycles. The molecule has 2 unspecified atom stereocenters. The monoisotopic (exact) mass is 738 g/mol. The number of fused-ring (bicyclic) bond motifs is 2. The van der Waals surface area contributed by atoms with Gasteiger partial charge in [-0.05, 0) is 116 Å². The van der Waals surface area contributed by atoms with E-state index in [-0.39, 0.29) is 37.0 Å². The normalized spacial score (nSPS) is 21.2. The summed E-state index contributed by atoms with van der Waals surface area (Å²) in [5, 5.41) is 0. The van der Waals surface area contributed by atoms with Crippen LogP contribution in [0, 0.1) is 0 Å². The van der Waals surface area contributed by atoms with Gasteiger partial charge >= 0.3 is 0 Å². The summed E-state index contributed by atoms with van der Waals surface area (Å²) in [6.45, 7) is 22.5. The van der Waals surface area contributed by atoms with Crippen LogP contribution in [0.4, 0.5) is 0 Å². The summed E-state index contributed by atoms with van der Waals surface area (Å²) in [7, 11) is -1.23. The van der Waals surface area contributed by atoms with Gasteiger partial charge in [0.1, 0.15) is 0 Å². The van der Waals surface area contributed by atoms with Crippen LogP contribution in [0.1, 0.15) is 103 Å². The molecule has 236 valence electrons. The molecule has 2 aliphatic rings. The molecular weight excluding hydrogens is 695 g/mol. The Morgan fingerprint density at radius 3 is 1.13 bits per heavy atom. The minimum Gasteiger partial charge on any atom is -0.114 e. The van der Waals surface area contributed by atoms with Crippen LogP contribution < -0.4 is 0 Å². The first-order valence-corrected chi connectivity index (χ1v) is 18.4. The maximum absolute atomic E-state index is 7.95. The molecule has 0 amide bonds. The summed E-state index contributed by atoms with van der Waals surface area (Å²) in [5.41, 5.74) is 17.9. The number of alkyl halides is 2. The minimum absolute atomic E-state index is 0. The Morgan fingerprint density at radius 1 is 0.500 bits per heavy atom. The Kier molecular flexibility index (Phi) is 9.36. The Hall–Kier alpha value is -1.96. The summed E-state index contributed by atoms with van der Waals surface area (Å²) in [4.78, 5) is 0. The van der Waals surface area contributed by atoms with E-state index in [9.17, 15) is 0 Å². The second-order valence-corrected chi connectivity index (χ2v) is 20.1. The van der Waals surface area contributed by atoms with E-state index in [2.05, 4.69) is 154 Å². The van der Waals surface area contributed by atoms with Crippen LogP contribution in [0.5, 0.6) is 0 Å². The molecule has 46 heavy (non-hydrogen) atoms. The van der Waals surface area contributed by atoms with E-state index in [1.807, 2.05) is 0 Å². The van der Waals surface area contributed by atoms with Gasteiger partial charge in [0.25, 0.3) is 0 Å². The Balaban J connectivity index is 0.00000417. The van der Waals surface area contributed by atoms with Crippen LogP contribution in [-0.2, 0) is 46.0 Å². The molecule has 0 N–H and O–H groups in total. The number of hydrogen-bond acceptors (Lipinski definition) is 0. The molecule has 0 radical (unpaired) electrons. The van der Waals surface area contributed by atoms with Crippen molar-refractivity contribution in [1.82, 2.24) is 0 Å². The Morgan fingerprint density at radius 2 is 0.826 bits per heavy atom. The molecule has 6 rings (SSSR count). The van der Waals surface area contributed by atoms with Gasteiger partial charge in [-0.1, -0.05) is 126 Å². The fourth-order valence-corrected chi connectivity index (χ4v) is 12.2. The third-order valence-corrected chi connectivity index (χ3v) is 15.2. The van der Waals surface area contributed by atoms with E-state index in [4.69, 9.17) is 23.2 Å². The van der Waals surface area contributed by atoms with Crippen molar-refractivity contribution in [1.29, 1.82) is 0 Å². The largest absolute Gasteiger partial charge is 0.114 e. The molecule has 4 aromatic rings. The third-order valence-electron chi connectivity index (χ3n) is 10.7. The molecular formula is C42H46Cl2SiZr. The van der Waals surface area contributed by atoms with Crippen molar-refractivity contribution in [2.24, 2.45) is 0 Å². The first-order valence-electron chi connectivity index (χ1n) is 16.2. The van der Waals surface area contributed by atoms with E-state index in [0.717, 1.165) is 0 Å².